The van der Waals surface area contributed by atoms with Gasteiger partial charge >= 0.3 is 5.97 Å². The molecule has 114 valence electrons. The number of carbonyl (C=O) groups excluding carboxylic acids is 1. The van der Waals surface area contributed by atoms with Gasteiger partial charge in [0, 0.05) is 25.3 Å². The van der Waals surface area contributed by atoms with E-state index >= 15 is 0 Å². The molecule has 0 aromatic carbocycles. The Kier molecular flexibility index (Phi) is 5.64. The summed E-state index contributed by atoms with van der Waals surface area (Å²) in [4.78, 5) is 18.5. The highest BCUT2D eigenvalue weighted by atomic mass is 32.1. The number of methoxy groups -OCH3 is 1. The van der Waals surface area contributed by atoms with Crippen molar-refractivity contribution in [2.75, 3.05) is 13.7 Å². The third kappa shape index (κ3) is 4.47. The molecule has 0 aliphatic heterocycles. The minimum atomic E-state index is -0.371. The number of nitrogens with zero attached hydrogens (tertiary/aromatic N) is 2. The SMILES string of the molecule is COC(=O)c1ccc(CN(CC(N)=S)C2CCCC2)nc1. The van der Waals surface area contributed by atoms with Crippen molar-refractivity contribution in [1.29, 1.82) is 0 Å². The van der Waals surface area contributed by atoms with Crippen LogP contribution in [0.4, 0.5) is 0 Å². The Morgan fingerprint density at radius 3 is 2.71 bits per heavy atom. The van der Waals surface area contributed by atoms with E-state index in [0.29, 0.717) is 29.7 Å². The largest absolute Gasteiger partial charge is 0.465 e. The van der Waals surface area contributed by atoms with E-state index in [-0.39, 0.29) is 5.97 Å². The highest BCUT2D eigenvalue weighted by Gasteiger charge is 2.23. The third-order valence-corrected chi connectivity index (χ3v) is 3.94. The van der Waals surface area contributed by atoms with Crippen molar-refractivity contribution in [2.45, 2.75) is 38.3 Å². The van der Waals surface area contributed by atoms with Crippen LogP contribution < -0.4 is 5.73 Å². The van der Waals surface area contributed by atoms with E-state index in [9.17, 15) is 4.79 Å². The monoisotopic (exact) mass is 307 g/mol. The van der Waals surface area contributed by atoms with Gasteiger partial charge in [-0.25, -0.2) is 4.79 Å². The van der Waals surface area contributed by atoms with Crippen LogP contribution in [0.15, 0.2) is 18.3 Å². The van der Waals surface area contributed by atoms with Crippen LogP contribution in [-0.4, -0.2) is 40.5 Å². The molecular weight excluding hydrogens is 286 g/mol. The Morgan fingerprint density at radius 2 is 2.19 bits per heavy atom. The van der Waals surface area contributed by atoms with E-state index in [1.807, 2.05) is 6.07 Å². The van der Waals surface area contributed by atoms with Crippen LogP contribution in [0.5, 0.6) is 0 Å². The molecule has 1 fully saturated rings. The normalized spacial score (nSPS) is 15.3. The van der Waals surface area contributed by atoms with Gasteiger partial charge in [-0.1, -0.05) is 25.1 Å². The molecule has 6 heteroatoms. The quantitative estimate of drug-likeness (QED) is 0.639. The maximum atomic E-state index is 11.4. The maximum absolute atomic E-state index is 11.4. The molecule has 0 spiro atoms. The molecule has 0 bridgehead atoms. The summed E-state index contributed by atoms with van der Waals surface area (Å²) >= 11 is 5.05. The van der Waals surface area contributed by atoms with Gasteiger partial charge in [0.05, 0.1) is 23.4 Å². The lowest BCUT2D eigenvalue weighted by Crippen LogP contribution is -2.39. The van der Waals surface area contributed by atoms with Crippen molar-refractivity contribution in [1.82, 2.24) is 9.88 Å². The second kappa shape index (κ2) is 7.47. The van der Waals surface area contributed by atoms with Crippen LogP contribution >= 0.6 is 12.2 Å². The topological polar surface area (TPSA) is 68.5 Å². The van der Waals surface area contributed by atoms with Crippen molar-refractivity contribution in [3.63, 3.8) is 0 Å². The fourth-order valence-electron chi connectivity index (χ4n) is 2.75. The molecule has 1 aliphatic carbocycles. The average Bonchev–Trinajstić information content (AvgIpc) is 3.00. The number of thiocarbonyl (C=S) groups is 1. The Hall–Kier alpha value is -1.53. The van der Waals surface area contributed by atoms with E-state index in [4.69, 9.17) is 18.0 Å². The first-order valence-corrected chi connectivity index (χ1v) is 7.56. The molecule has 0 amide bonds. The van der Waals surface area contributed by atoms with E-state index in [2.05, 4.69) is 14.6 Å². The summed E-state index contributed by atoms with van der Waals surface area (Å²) in [6.45, 7) is 1.31. The molecule has 0 saturated heterocycles. The molecule has 2 rings (SSSR count). The van der Waals surface area contributed by atoms with Gasteiger partial charge < -0.3 is 10.5 Å². The summed E-state index contributed by atoms with van der Waals surface area (Å²) in [6.07, 6.45) is 6.43. The zero-order chi connectivity index (χ0) is 15.2. The van der Waals surface area contributed by atoms with Gasteiger partial charge in [-0.3, -0.25) is 9.88 Å². The van der Waals surface area contributed by atoms with Crippen LogP contribution in [0.2, 0.25) is 0 Å². The minimum absolute atomic E-state index is 0.371. The zero-order valence-electron chi connectivity index (χ0n) is 12.2. The summed E-state index contributed by atoms with van der Waals surface area (Å²) < 4.78 is 4.67. The van der Waals surface area contributed by atoms with Gasteiger partial charge in [-0.2, -0.15) is 0 Å². The number of rotatable bonds is 6. The summed E-state index contributed by atoms with van der Waals surface area (Å²) in [5.74, 6) is -0.371. The smallest absolute Gasteiger partial charge is 0.339 e. The number of nitrogens with two attached hydrogens (primary N) is 1. The number of hydrogen-bond acceptors (Lipinski definition) is 5. The highest BCUT2D eigenvalue weighted by Crippen LogP contribution is 2.24. The van der Waals surface area contributed by atoms with Crippen LogP contribution in [0.1, 0.15) is 41.7 Å². The fourth-order valence-corrected chi connectivity index (χ4v) is 2.91. The minimum Gasteiger partial charge on any atom is -0.465 e. The molecule has 0 atom stereocenters. The lowest BCUT2D eigenvalue weighted by Gasteiger charge is -2.27. The van der Waals surface area contributed by atoms with Crippen molar-refractivity contribution in [3.8, 4) is 0 Å². The molecule has 5 nitrogen and oxygen atoms in total. The van der Waals surface area contributed by atoms with E-state index in [0.717, 1.165) is 5.69 Å². The fraction of sp³-hybridized carbons (Fsp3) is 0.533. The summed E-state index contributed by atoms with van der Waals surface area (Å²) in [5, 5.41) is 0. The van der Waals surface area contributed by atoms with Crippen LogP contribution in [0.3, 0.4) is 0 Å². The van der Waals surface area contributed by atoms with Gasteiger partial charge in [-0.05, 0) is 25.0 Å². The van der Waals surface area contributed by atoms with Gasteiger partial charge in [0.2, 0.25) is 0 Å². The van der Waals surface area contributed by atoms with Gasteiger partial charge in [-0.15, -0.1) is 0 Å². The molecular formula is C15H21N3O2S. The Bertz CT molecular complexity index is 498. The summed E-state index contributed by atoms with van der Waals surface area (Å²) in [7, 11) is 1.36. The predicted molar refractivity (Wildman–Crippen MR) is 85.0 cm³/mol. The lowest BCUT2D eigenvalue weighted by molar-refractivity contribution is 0.0600. The molecule has 1 aromatic rings. The molecule has 0 radical (unpaired) electrons. The maximum Gasteiger partial charge on any atom is 0.339 e. The molecule has 21 heavy (non-hydrogen) atoms. The van der Waals surface area contributed by atoms with Crippen LogP contribution in [0.25, 0.3) is 0 Å². The number of hydrogen-bond donors (Lipinski definition) is 1. The lowest BCUT2D eigenvalue weighted by atomic mass is 10.2. The van der Waals surface area contributed by atoms with E-state index in [1.54, 1.807) is 12.3 Å². The Labute approximate surface area is 130 Å². The molecule has 1 aromatic heterocycles. The second-order valence-corrected chi connectivity index (χ2v) is 5.86. The van der Waals surface area contributed by atoms with Crippen molar-refractivity contribution in [3.05, 3.63) is 29.6 Å². The standard InChI is InChI=1S/C15H21N3O2S/c1-20-15(19)11-6-7-12(17-8-11)9-18(10-14(16)21)13-4-2-3-5-13/h6-8,13H,2-5,9-10H2,1H3,(H2,16,21). The molecule has 1 saturated carbocycles. The first kappa shape index (κ1) is 15.9. The summed E-state index contributed by atoms with van der Waals surface area (Å²) in [5.41, 5.74) is 7.07. The number of carbonyl (C=O) groups is 1. The van der Waals surface area contributed by atoms with Gasteiger partial charge in [0.15, 0.2) is 0 Å². The Balaban J connectivity index is 2.05. The van der Waals surface area contributed by atoms with Gasteiger partial charge in [0.25, 0.3) is 0 Å². The first-order chi connectivity index (χ1) is 10.1. The van der Waals surface area contributed by atoms with Crippen LogP contribution in [-0.2, 0) is 11.3 Å². The first-order valence-electron chi connectivity index (χ1n) is 7.15. The van der Waals surface area contributed by atoms with Crippen molar-refractivity contribution in [2.24, 2.45) is 5.73 Å². The third-order valence-electron chi connectivity index (χ3n) is 3.81. The number of esters is 1. The molecule has 0 unspecified atom stereocenters. The second-order valence-electron chi connectivity index (χ2n) is 5.34. The number of aromatic nitrogens is 1. The average molecular weight is 307 g/mol. The van der Waals surface area contributed by atoms with E-state index < -0.39 is 0 Å². The highest BCUT2D eigenvalue weighted by molar-refractivity contribution is 7.80. The number of pyridine rings is 1. The predicted octanol–water partition coefficient (Wildman–Crippen LogP) is 1.90. The molecule has 1 aliphatic rings. The number of ether oxygens (including phenoxy) is 1. The van der Waals surface area contributed by atoms with E-state index in [1.165, 1.54) is 32.8 Å². The Morgan fingerprint density at radius 1 is 1.48 bits per heavy atom. The van der Waals surface area contributed by atoms with Crippen LogP contribution in [0, 0.1) is 0 Å². The van der Waals surface area contributed by atoms with Crippen molar-refractivity contribution < 1.29 is 9.53 Å². The molecule has 1 heterocycles. The molecule has 2 N–H and O–H groups in total. The van der Waals surface area contributed by atoms with Crippen molar-refractivity contribution >= 4 is 23.2 Å². The van der Waals surface area contributed by atoms with Gasteiger partial charge in [0.1, 0.15) is 0 Å². The summed E-state index contributed by atoms with van der Waals surface area (Å²) in [6, 6.07) is 4.11. The zero-order valence-corrected chi connectivity index (χ0v) is 13.1.